The number of furan rings is 1. The molecule has 0 saturated carbocycles. The zero-order chi connectivity index (χ0) is 17.1. The number of carbonyl (C=O) groups excluding carboxylic acids is 2. The third kappa shape index (κ3) is 3.57. The van der Waals surface area contributed by atoms with Gasteiger partial charge in [-0.15, -0.1) is 0 Å². The van der Waals surface area contributed by atoms with Crippen molar-refractivity contribution in [2.45, 2.75) is 39.3 Å². The molecular formula is C19H22N2O3. The minimum absolute atomic E-state index is 0.0155. The fourth-order valence-corrected chi connectivity index (χ4v) is 3.00. The molecule has 126 valence electrons. The fraction of sp³-hybridized carbons (Fsp3) is 0.368. The number of hydrogen-bond acceptors (Lipinski definition) is 4. The van der Waals surface area contributed by atoms with Crippen LogP contribution in [-0.4, -0.2) is 29.2 Å². The molecule has 0 spiro atoms. The number of ketones is 1. The molecule has 1 aromatic heterocycles. The van der Waals surface area contributed by atoms with E-state index in [9.17, 15) is 9.59 Å². The average Bonchev–Trinajstić information content (AvgIpc) is 2.91. The maximum absolute atomic E-state index is 12.5. The highest BCUT2D eigenvalue weighted by atomic mass is 16.3. The van der Waals surface area contributed by atoms with Gasteiger partial charge in [-0.3, -0.25) is 14.5 Å². The Morgan fingerprint density at radius 2 is 1.96 bits per heavy atom. The number of nitrogens with zero attached hydrogens (tertiary/aromatic N) is 1. The number of carbonyl (C=O) groups is 2. The lowest BCUT2D eigenvalue weighted by atomic mass is 10.1. The maximum Gasteiger partial charge on any atom is 0.241 e. The normalized spacial score (nSPS) is 16.1. The van der Waals surface area contributed by atoms with E-state index < -0.39 is 0 Å². The highest BCUT2D eigenvalue weighted by molar-refractivity contribution is 5.96. The molecule has 1 unspecified atom stereocenters. The van der Waals surface area contributed by atoms with Crippen LogP contribution in [0.4, 0.5) is 5.69 Å². The second-order valence-electron chi connectivity index (χ2n) is 6.24. The van der Waals surface area contributed by atoms with Crippen LogP contribution in [0.15, 0.2) is 41.0 Å². The molecule has 1 atom stereocenters. The van der Waals surface area contributed by atoms with Crippen molar-refractivity contribution in [3.8, 4) is 0 Å². The summed E-state index contributed by atoms with van der Waals surface area (Å²) in [7, 11) is 0. The molecule has 5 nitrogen and oxygen atoms in total. The Balaban J connectivity index is 1.65. The molecule has 0 bridgehead atoms. The standard InChI is InChI=1S/C19H22N2O3/c1-13(21-10-3-4-18-16(12-21)9-11-24-18)19(23)20-17-7-5-15(6-8-17)14(2)22/h5-9,11,13H,3-4,10,12H2,1-2H3,(H,20,23). The number of amides is 1. The molecule has 5 heteroatoms. The van der Waals surface area contributed by atoms with E-state index in [1.165, 1.54) is 6.92 Å². The lowest BCUT2D eigenvalue weighted by Crippen LogP contribution is -2.41. The lowest BCUT2D eigenvalue weighted by molar-refractivity contribution is -0.121. The zero-order valence-corrected chi connectivity index (χ0v) is 14.0. The van der Waals surface area contributed by atoms with Gasteiger partial charge >= 0.3 is 0 Å². The predicted octanol–water partition coefficient (Wildman–Crippen LogP) is 3.26. The van der Waals surface area contributed by atoms with Crippen LogP contribution in [-0.2, 0) is 17.8 Å². The summed E-state index contributed by atoms with van der Waals surface area (Å²) in [6.45, 7) is 5.04. The van der Waals surface area contributed by atoms with Crippen molar-refractivity contribution in [2.75, 3.05) is 11.9 Å². The summed E-state index contributed by atoms with van der Waals surface area (Å²) in [4.78, 5) is 26.0. The first kappa shape index (κ1) is 16.5. The molecule has 1 aromatic carbocycles. The van der Waals surface area contributed by atoms with Crippen molar-refractivity contribution in [1.82, 2.24) is 4.90 Å². The number of anilines is 1. The molecule has 3 rings (SSSR count). The van der Waals surface area contributed by atoms with Gasteiger partial charge in [0.1, 0.15) is 5.76 Å². The SMILES string of the molecule is CC(=O)c1ccc(NC(=O)C(C)N2CCCc3occc3C2)cc1. The van der Waals surface area contributed by atoms with Crippen LogP contribution in [0.2, 0.25) is 0 Å². The summed E-state index contributed by atoms with van der Waals surface area (Å²) < 4.78 is 5.50. The Morgan fingerprint density at radius 1 is 1.21 bits per heavy atom. The van der Waals surface area contributed by atoms with Crippen molar-refractivity contribution >= 4 is 17.4 Å². The van der Waals surface area contributed by atoms with E-state index >= 15 is 0 Å². The number of benzene rings is 1. The highest BCUT2D eigenvalue weighted by Gasteiger charge is 2.25. The molecule has 0 saturated heterocycles. The van der Waals surface area contributed by atoms with Gasteiger partial charge in [0.15, 0.2) is 5.78 Å². The fourth-order valence-electron chi connectivity index (χ4n) is 3.00. The Hall–Kier alpha value is -2.40. The van der Waals surface area contributed by atoms with Gasteiger partial charge < -0.3 is 9.73 Å². The first-order chi connectivity index (χ1) is 11.5. The van der Waals surface area contributed by atoms with Gasteiger partial charge in [-0.05, 0) is 57.1 Å². The van der Waals surface area contributed by atoms with E-state index in [0.29, 0.717) is 11.3 Å². The van der Waals surface area contributed by atoms with E-state index in [1.807, 2.05) is 13.0 Å². The predicted molar refractivity (Wildman–Crippen MR) is 92.0 cm³/mol. The Bertz CT molecular complexity index is 733. The summed E-state index contributed by atoms with van der Waals surface area (Å²) in [6.07, 6.45) is 3.61. The molecule has 1 amide bonds. The minimum atomic E-state index is -0.238. The van der Waals surface area contributed by atoms with Crippen molar-refractivity contribution in [3.05, 3.63) is 53.5 Å². The first-order valence-electron chi connectivity index (χ1n) is 8.26. The summed E-state index contributed by atoms with van der Waals surface area (Å²) in [5.41, 5.74) is 2.51. The zero-order valence-electron chi connectivity index (χ0n) is 14.0. The van der Waals surface area contributed by atoms with E-state index in [4.69, 9.17) is 4.42 Å². The first-order valence-corrected chi connectivity index (χ1v) is 8.26. The number of Topliss-reactive ketones (excluding diaryl/α,β-unsaturated/α-hetero) is 1. The van der Waals surface area contributed by atoms with Gasteiger partial charge in [0, 0.05) is 29.8 Å². The monoisotopic (exact) mass is 326 g/mol. The number of aryl methyl sites for hydroxylation is 1. The Kier molecular flexibility index (Phi) is 4.81. The van der Waals surface area contributed by atoms with E-state index in [-0.39, 0.29) is 17.7 Å². The molecule has 1 aliphatic heterocycles. The molecule has 2 heterocycles. The van der Waals surface area contributed by atoms with E-state index in [0.717, 1.165) is 37.3 Å². The second kappa shape index (κ2) is 7.01. The lowest BCUT2D eigenvalue weighted by Gasteiger charge is -2.26. The van der Waals surface area contributed by atoms with Crippen LogP contribution >= 0.6 is 0 Å². The van der Waals surface area contributed by atoms with Crippen LogP contribution in [0.3, 0.4) is 0 Å². The molecule has 24 heavy (non-hydrogen) atoms. The smallest absolute Gasteiger partial charge is 0.241 e. The quantitative estimate of drug-likeness (QED) is 0.876. The van der Waals surface area contributed by atoms with Crippen molar-refractivity contribution < 1.29 is 14.0 Å². The molecular weight excluding hydrogens is 304 g/mol. The molecule has 0 radical (unpaired) electrons. The summed E-state index contributed by atoms with van der Waals surface area (Å²) in [6, 6.07) is 8.73. The van der Waals surface area contributed by atoms with Crippen LogP contribution in [0.1, 0.15) is 41.9 Å². The maximum atomic E-state index is 12.5. The van der Waals surface area contributed by atoms with Crippen LogP contribution in [0.25, 0.3) is 0 Å². The number of hydrogen-bond donors (Lipinski definition) is 1. The van der Waals surface area contributed by atoms with Gasteiger partial charge in [-0.25, -0.2) is 0 Å². The van der Waals surface area contributed by atoms with Crippen molar-refractivity contribution in [1.29, 1.82) is 0 Å². The van der Waals surface area contributed by atoms with Crippen molar-refractivity contribution in [2.24, 2.45) is 0 Å². The third-order valence-electron chi connectivity index (χ3n) is 4.55. The second-order valence-corrected chi connectivity index (χ2v) is 6.24. The van der Waals surface area contributed by atoms with Gasteiger partial charge in [0.2, 0.25) is 5.91 Å². The minimum Gasteiger partial charge on any atom is -0.469 e. The Labute approximate surface area is 141 Å². The summed E-state index contributed by atoms with van der Waals surface area (Å²) in [5, 5.41) is 2.93. The highest BCUT2D eigenvalue weighted by Crippen LogP contribution is 2.21. The average molecular weight is 326 g/mol. The topological polar surface area (TPSA) is 62.6 Å². The van der Waals surface area contributed by atoms with Crippen molar-refractivity contribution in [3.63, 3.8) is 0 Å². The number of nitrogens with one attached hydrogen (secondary N) is 1. The van der Waals surface area contributed by atoms with Gasteiger partial charge in [0.25, 0.3) is 0 Å². The van der Waals surface area contributed by atoms with Gasteiger partial charge in [0.05, 0.1) is 12.3 Å². The third-order valence-corrected chi connectivity index (χ3v) is 4.55. The van der Waals surface area contributed by atoms with Gasteiger partial charge in [-0.2, -0.15) is 0 Å². The molecule has 0 fully saturated rings. The largest absolute Gasteiger partial charge is 0.469 e. The number of fused-ring (bicyclic) bond motifs is 1. The summed E-state index contributed by atoms with van der Waals surface area (Å²) >= 11 is 0. The van der Waals surface area contributed by atoms with E-state index in [2.05, 4.69) is 10.2 Å². The molecule has 1 aliphatic rings. The van der Waals surface area contributed by atoms with Gasteiger partial charge in [-0.1, -0.05) is 0 Å². The number of rotatable bonds is 4. The molecule has 0 aliphatic carbocycles. The van der Waals surface area contributed by atoms with Crippen LogP contribution in [0, 0.1) is 0 Å². The Morgan fingerprint density at radius 3 is 2.67 bits per heavy atom. The van der Waals surface area contributed by atoms with E-state index in [1.54, 1.807) is 30.5 Å². The summed E-state index contributed by atoms with van der Waals surface area (Å²) in [5.74, 6) is 1.00. The molecule has 1 N–H and O–H groups in total. The van der Waals surface area contributed by atoms with Crippen LogP contribution < -0.4 is 5.32 Å². The molecule has 2 aromatic rings. The van der Waals surface area contributed by atoms with Crippen LogP contribution in [0.5, 0.6) is 0 Å².